The molecule has 2 heteroatoms. The lowest BCUT2D eigenvalue weighted by Gasteiger charge is -2.02. The molecule has 0 aromatic rings. The number of hydrogen-bond donors (Lipinski definition) is 0. The van der Waals surface area contributed by atoms with Crippen LogP contribution in [0.1, 0.15) is 26.7 Å². The van der Waals surface area contributed by atoms with E-state index in [1.165, 1.54) is 0 Å². The van der Waals surface area contributed by atoms with Gasteiger partial charge >= 0.3 is 0 Å². The van der Waals surface area contributed by atoms with Gasteiger partial charge in [-0.05, 0) is 31.6 Å². The first-order valence-electron chi connectivity index (χ1n) is 4.64. The zero-order valence-corrected chi connectivity index (χ0v) is 8.33. The van der Waals surface area contributed by atoms with Crippen molar-refractivity contribution in [2.24, 2.45) is 15.9 Å². The second-order valence-corrected chi connectivity index (χ2v) is 3.43. The second-order valence-electron chi connectivity index (χ2n) is 3.43. The van der Waals surface area contributed by atoms with Gasteiger partial charge in [-0.3, -0.25) is 9.98 Å². The second kappa shape index (κ2) is 4.75. The third kappa shape index (κ3) is 2.98. The number of allylic oxidation sites excluding steroid dienone is 3. The molecular weight excluding hydrogens is 160 g/mol. The molecule has 0 unspecified atom stereocenters. The highest BCUT2D eigenvalue weighted by atomic mass is 14.8. The molecule has 13 heavy (non-hydrogen) atoms. The Hall–Kier alpha value is -1.18. The predicted octanol–water partition coefficient (Wildman–Crippen LogP) is 2.98. The Balaban J connectivity index is 2.68. The summed E-state index contributed by atoms with van der Waals surface area (Å²) >= 11 is 0. The highest BCUT2D eigenvalue weighted by molar-refractivity contribution is 5.97. The van der Waals surface area contributed by atoms with Gasteiger partial charge in [-0.1, -0.05) is 19.9 Å². The molecule has 0 aromatic carbocycles. The van der Waals surface area contributed by atoms with Crippen molar-refractivity contribution in [2.45, 2.75) is 26.7 Å². The van der Waals surface area contributed by atoms with Crippen molar-refractivity contribution in [3.05, 3.63) is 24.0 Å². The van der Waals surface area contributed by atoms with E-state index in [0.717, 1.165) is 24.3 Å². The predicted molar refractivity (Wildman–Crippen MR) is 58.3 cm³/mol. The molecule has 0 spiro atoms. The van der Waals surface area contributed by atoms with Crippen LogP contribution in [0.2, 0.25) is 0 Å². The molecule has 0 aliphatic heterocycles. The molecule has 0 heterocycles. The van der Waals surface area contributed by atoms with Crippen LogP contribution in [-0.4, -0.2) is 12.4 Å². The van der Waals surface area contributed by atoms with Gasteiger partial charge in [0.15, 0.2) is 0 Å². The molecule has 0 saturated heterocycles. The molecule has 0 N–H and O–H groups in total. The minimum atomic E-state index is 0.396. The van der Waals surface area contributed by atoms with E-state index in [1.54, 1.807) is 0 Å². The molecule has 1 aliphatic rings. The zero-order chi connectivity index (χ0) is 9.68. The van der Waals surface area contributed by atoms with Crippen LogP contribution in [0.3, 0.4) is 0 Å². The third-order valence-electron chi connectivity index (χ3n) is 2.01. The van der Waals surface area contributed by atoms with Crippen LogP contribution >= 0.6 is 0 Å². The van der Waals surface area contributed by atoms with Gasteiger partial charge in [0, 0.05) is 11.9 Å². The van der Waals surface area contributed by atoms with Crippen LogP contribution in [0.5, 0.6) is 0 Å². The molecule has 1 rings (SSSR count). The summed E-state index contributed by atoms with van der Waals surface area (Å²) in [4.78, 5) is 8.28. The van der Waals surface area contributed by atoms with Gasteiger partial charge in [-0.15, -0.1) is 0 Å². The topological polar surface area (TPSA) is 24.7 Å². The molecule has 0 amide bonds. The summed E-state index contributed by atoms with van der Waals surface area (Å²) in [6.45, 7) is 7.70. The Morgan fingerprint density at radius 3 is 2.85 bits per heavy atom. The molecule has 2 nitrogen and oxygen atoms in total. The number of aliphatic imine (C=N–C) groups is 2. The van der Waals surface area contributed by atoms with Gasteiger partial charge in [0.05, 0.1) is 5.70 Å². The van der Waals surface area contributed by atoms with Crippen molar-refractivity contribution in [1.82, 2.24) is 0 Å². The molecule has 0 aromatic heterocycles. The van der Waals surface area contributed by atoms with Gasteiger partial charge in [-0.25, -0.2) is 0 Å². The van der Waals surface area contributed by atoms with E-state index in [-0.39, 0.29) is 0 Å². The summed E-state index contributed by atoms with van der Waals surface area (Å²) in [5.74, 6) is 0.396. The molecule has 0 fully saturated rings. The van der Waals surface area contributed by atoms with E-state index in [2.05, 4.69) is 42.7 Å². The van der Waals surface area contributed by atoms with Crippen LogP contribution in [0.25, 0.3) is 0 Å². The highest BCUT2D eigenvalue weighted by Gasteiger charge is 2.01. The summed E-state index contributed by atoms with van der Waals surface area (Å²) in [6.07, 6.45) is 8.20. The average Bonchev–Trinajstić information content (AvgIpc) is 2.57. The molecular formula is C11H16N2. The molecule has 0 bridgehead atoms. The SMILES string of the molecule is C=N/C(=C\N=C1C=CCC1)C(C)C. The highest BCUT2D eigenvalue weighted by Crippen LogP contribution is 2.12. The molecule has 0 radical (unpaired) electrons. The van der Waals surface area contributed by atoms with Crippen molar-refractivity contribution in [1.29, 1.82) is 0 Å². The molecule has 1 aliphatic carbocycles. The number of hydrogen-bond acceptors (Lipinski definition) is 2. The normalized spacial score (nSPS) is 20.2. The minimum absolute atomic E-state index is 0.396. The van der Waals surface area contributed by atoms with Gasteiger partial charge in [0.1, 0.15) is 0 Å². The summed E-state index contributed by atoms with van der Waals surface area (Å²) < 4.78 is 0. The van der Waals surface area contributed by atoms with E-state index >= 15 is 0 Å². The quantitative estimate of drug-likeness (QED) is 0.591. The fraction of sp³-hybridized carbons (Fsp3) is 0.455. The van der Waals surface area contributed by atoms with Crippen LogP contribution in [0.15, 0.2) is 34.0 Å². The summed E-state index contributed by atoms with van der Waals surface area (Å²) in [5.41, 5.74) is 2.09. The first kappa shape index (κ1) is 9.90. The van der Waals surface area contributed by atoms with E-state index in [0.29, 0.717) is 5.92 Å². The Morgan fingerprint density at radius 2 is 2.38 bits per heavy atom. The Bertz CT molecular complexity index is 270. The van der Waals surface area contributed by atoms with Crippen LogP contribution < -0.4 is 0 Å². The monoisotopic (exact) mass is 176 g/mol. The van der Waals surface area contributed by atoms with Gasteiger partial charge in [-0.2, -0.15) is 0 Å². The maximum Gasteiger partial charge on any atom is 0.0604 e. The van der Waals surface area contributed by atoms with Gasteiger partial charge in [0.2, 0.25) is 0 Å². The van der Waals surface area contributed by atoms with E-state index in [9.17, 15) is 0 Å². The first-order valence-corrected chi connectivity index (χ1v) is 4.64. The first-order chi connectivity index (χ1) is 6.24. The van der Waals surface area contributed by atoms with E-state index in [4.69, 9.17) is 0 Å². The molecule has 0 atom stereocenters. The number of rotatable bonds is 3. The lowest BCUT2D eigenvalue weighted by Crippen LogP contribution is -1.91. The molecule has 70 valence electrons. The van der Waals surface area contributed by atoms with Crippen LogP contribution in [-0.2, 0) is 0 Å². The minimum Gasteiger partial charge on any atom is -0.267 e. The third-order valence-corrected chi connectivity index (χ3v) is 2.01. The Morgan fingerprint density at radius 1 is 1.62 bits per heavy atom. The molecule has 0 saturated carbocycles. The van der Waals surface area contributed by atoms with Crippen molar-refractivity contribution >= 4 is 12.4 Å². The fourth-order valence-corrected chi connectivity index (χ4v) is 1.16. The van der Waals surface area contributed by atoms with Crippen molar-refractivity contribution in [2.75, 3.05) is 0 Å². The Kier molecular flexibility index (Phi) is 3.62. The van der Waals surface area contributed by atoms with Crippen molar-refractivity contribution in [3.63, 3.8) is 0 Å². The van der Waals surface area contributed by atoms with Gasteiger partial charge in [0.25, 0.3) is 0 Å². The summed E-state index contributed by atoms with van der Waals surface area (Å²) in [6, 6.07) is 0. The van der Waals surface area contributed by atoms with E-state index in [1.807, 2.05) is 6.20 Å². The lowest BCUT2D eigenvalue weighted by molar-refractivity contribution is 0.756. The summed E-state index contributed by atoms with van der Waals surface area (Å²) in [5, 5.41) is 0. The zero-order valence-electron chi connectivity index (χ0n) is 8.33. The fourth-order valence-electron chi connectivity index (χ4n) is 1.16. The van der Waals surface area contributed by atoms with Gasteiger partial charge < -0.3 is 0 Å². The maximum atomic E-state index is 4.35. The summed E-state index contributed by atoms with van der Waals surface area (Å²) in [7, 11) is 0. The number of nitrogens with zero attached hydrogens (tertiary/aromatic N) is 2. The van der Waals surface area contributed by atoms with Crippen molar-refractivity contribution in [3.8, 4) is 0 Å². The van der Waals surface area contributed by atoms with E-state index < -0.39 is 0 Å². The lowest BCUT2D eigenvalue weighted by atomic mass is 10.1. The smallest absolute Gasteiger partial charge is 0.0604 e. The van der Waals surface area contributed by atoms with Crippen molar-refractivity contribution < 1.29 is 0 Å². The largest absolute Gasteiger partial charge is 0.267 e. The Labute approximate surface area is 79.8 Å². The van der Waals surface area contributed by atoms with Crippen LogP contribution in [0.4, 0.5) is 0 Å². The van der Waals surface area contributed by atoms with Crippen LogP contribution in [0, 0.1) is 5.92 Å². The standard InChI is InChI=1S/C11H16N2/c1-9(2)11(12-3)8-13-10-6-4-5-7-10/h4,6,8-9H,3,5,7H2,1-2H3/b11-8-,13-10?. The average molecular weight is 176 g/mol. The maximum absolute atomic E-state index is 4.35.